The van der Waals surface area contributed by atoms with Crippen molar-refractivity contribution in [3.05, 3.63) is 53.6 Å². The Bertz CT molecular complexity index is 1090. The molecule has 160 valence electrons. The van der Waals surface area contributed by atoms with Gasteiger partial charge >= 0.3 is 22.3 Å². The van der Waals surface area contributed by atoms with E-state index in [2.05, 4.69) is 4.18 Å². The third-order valence-electron chi connectivity index (χ3n) is 3.59. The van der Waals surface area contributed by atoms with Crippen LogP contribution < -0.4 is 4.18 Å². The van der Waals surface area contributed by atoms with Crippen molar-refractivity contribution >= 4 is 28.4 Å². The number of phenolic OH excluding ortho intramolecular Hbond substituents is 3. The van der Waals surface area contributed by atoms with E-state index in [0.29, 0.717) is 5.56 Å². The summed E-state index contributed by atoms with van der Waals surface area (Å²) in [6, 6.07) is 6.96. The summed E-state index contributed by atoms with van der Waals surface area (Å²) < 4.78 is 39.3. The van der Waals surface area contributed by atoms with E-state index in [-0.39, 0.29) is 11.3 Å². The zero-order chi connectivity index (χ0) is 22.5. The summed E-state index contributed by atoms with van der Waals surface area (Å²) in [5.74, 6) is -4.55. The number of phenols is 3. The first-order valence-electron chi connectivity index (χ1n) is 8.07. The number of hydrogen-bond acceptors (Lipinski definition) is 9. The molecule has 0 aromatic heterocycles. The van der Waals surface area contributed by atoms with Gasteiger partial charge in [-0.25, -0.2) is 9.59 Å². The Balaban J connectivity index is 2.11. The lowest BCUT2D eigenvalue weighted by molar-refractivity contribution is -0.160. The number of aromatic hydroxyl groups is 3. The Kier molecular flexibility index (Phi) is 6.87. The molecule has 1 atom stereocenters. The van der Waals surface area contributed by atoms with Gasteiger partial charge in [-0.1, -0.05) is 12.1 Å². The van der Waals surface area contributed by atoms with E-state index in [9.17, 15) is 38.4 Å². The topological polar surface area (TPSA) is 188 Å². The smallest absolute Gasteiger partial charge is 0.446 e. The van der Waals surface area contributed by atoms with Crippen LogP contribution in [-0.2, 0) is 31.1 Å². The highest BCUT2D eigenvalue weighted by Gasteiger charge is 2.23. The van der Waals surface area contributed by atoms with Crippen LogP contribution >= 0.6 is 0 Å². The van der Waals surface area contributed by atoms with Crippen LogP contribution in [0.5, 0.6) is 23.0 Å². The minimum atomic E-state index is -4.92. The van der Waals surface area contributed by atoms with Crippen molar-refractivity contribution in [2.75, 3.05) is 0 Å². The minimum absolute atomic E-state index is 0.124. The number of ether oxygens (including phenoxy) is 1. The standard InChI is InChI=1S/C18H16O11S/c19-12-4-1-10(7-14(12)21)3-6-17(22)28-16(18(23)24)9-11-2-5-13(20)15(8-11)29-30(25,26)27/h1-8,16,19-21H,9H2,(H,23,24)(H,25,26,27)/b6-3+. The molecule has 0 saturated heterocycles. The molecular formula is C18H16O11S. The zero-order valence-electron chi connectivity index (χ0n) is 15.0. The molecule has 12 heteroatoms. The number of benzene rings is 2. The molecule has 5 N–H and O–H groups in total. The maximum Gasteiger partial charge on any atom is 0.446 e. The molecule has 0 aliphatic heterocycles. The molecule has 0 fully saturated rings. The predicted octanol–water partition coefficient (Wildman–Crippen LogP) is 1.24. The Morgan fingerprint density at radius 3 is 2.27 bits per heavy atom. The summed E-state index contributed by atoms with van der Waals surface area (Å²) in [4.78, 5) is 23.3. The summed E-state index contributed by atoms with van der Waals surface area (Å²) in [7, 11) is -4.92. The second-order valence-corrected chi connectivity index (χ2v) is 6.88. The monoisotopic (exact) mass is 440 g/mol. The molecule has 2 rings (SSSR count). The quantitative estimate of drug-likeness (QED) is 0.172. The van der Waals surface area contributed by atoms with E-state index in [1.165, 1.54) is 30.3 Å². The highest BCUT2D eigenvalue weighted by atomic mass is 32.3. The number of hydrogen-bond donors (Lipinski definition) is 5. The van der Waals surface area contributed by atoms with Crippen LogP contribution in [0.25, 0.3) is 6.08 Å². The average Bonchev–Trinajstić information content (AvgIpc) is 2.63. The number of carbonyl (C=O) groups is 2. The first-order chi connectivity index (χ1) is 13.9. The molecule has 0 aliphatic carbocycles. The van der Waals surface area contributed by atoms with Gasteiger partial charge < -0.3 is 29.3 Å². The van der Waals surface area contributed by atoms with Crippen LogP contribution in [0.3, 0.4) is 0 Å². The van der Waals surface area contributed by atoms with Gasteiger partial charge in [0, 0.05) is 12.5 Å². The summed E-state index contributed by atoms with van der Waals surface area (Å²) in [5.41, 5.74) is 0.457. The molecule has 2 aromatic carbocycles. The van der Waals surface area contributed by atoms with Crippen LogP contribution in [0.2, 0.25) is 0 Å². The Morgan fingerprint density at radius 1 is 1.00 bits per heavy atom. The van der Waals surface area contributed by atoms with Crippen LogP contribution in [0, 0.1) is 0 Å². The first-order valence-corrected chi connectivity index (χ1v) is 9.43. The zero-order valence-corrected chi connectivity index (χ0v) is 15.8. The number of esters is 1. The average molecular weight is 440 g/mol. The van der Waals surface area contributed by atoms with Crippen molar-refractivity contribution in [2.24, 2.45) is 0 Å². The Labute approximate surface area is 170 Å². The van der Waals surface area contributed by atoms with Crippen LogP contribution in [0.1, 0.15) is 11.1 Å². The second kappa shape index (κ2) is 9.15. The third kappa shape index (κ3) is 6.68. The number of carboxylic acid groups (broad SMARTS) is 1. The molecule has 0 bridgehead atoms. The second-order valence-electron chi connectivity index (χ2n) is 5.86. The van der Waals surface area contributed by atoms with Gasteiger partial charge in [0.15, 0.2) is 23.0 Å². The number of aliphatic carboxylic acids is 1. The van der Waals surface area contributed by atoms with Crippen molar-refractivity contribution in [1.82, 2.24) is 0 Å². The normalized spacial score (nSPS) is 12.4. The molecule has 0 heterocycles. The van der Waals surface area contributed by atoms with Crippen LogP contribution in [0.4, 0.5) is 0 Å². The number of carboxylic acids is 1. The van der Waals surface area contributed by atoms with Gasteiger partial charge in [0.2, 0.25) is 6.10 Å². The van der Waals surface area contributed by atoms with Gasteiger partial charge in [-0.2, -0.15) is 8.42 Å². The fraction of sp³-hybridized carbons (Fsp3) is 0.111. The Hall–Kier alpha value is -3.77. The van der Waals surface area contributed by atoms with Crippen molar-refractivity contribution in [3.8, 4) is 23.0 Å². The van der Waals surface area contributed by atoms with E-state index >= 15 is 0 Å². The summed E-state index contributed by atoms with van der Waals surface area (Å²) in [6.07, 6.45) is 0.0556. The van der Waals surface area contributed by atoms with Crippen molar-refractivity contribution in [2.45, 2.75) is 12.5 Å². The van der Waals surface area contributed by atoms with Crippen molar-refractivity contribution in [3.63, 3.8) is 0 Å². The first kappa shape index (κ1) is 22.5. The maximum atomic E-state index is 11.9. The molecule has 11 nitrogen and oxygen atoms in total. The summed E-state index contributed by atoms with van der Waals surface area (Å²) >= 11 is 0. The molecule has 0 spiro atoms. The van der Waals surface area contributed by atoms with E-state index in [0.717, 1.165) is 18.2 Å². The van der Waals surface area contributed by atoms with Gasteiger partial charge in [0.1, 0.15) is 0 Å². The molecular weight excluding hydrogens is 424 g/mol. The van der Waals surface area contributed by atoms with E-state index in [4.69, 9.17) is 9.29 Å². The van der Waals surface area contributed by atoms with E-state index < -0.39 is 52.1 Å². The van der Waals surface area contributed by atoms with Gasteiger partial charge in [0.25, 0.3) is 0 Å². The van der Waals surface area contributed by atoms with Crippen molar-refractivity contribution in [1.29, 1.82) is 0 Å². The third-order valence-corrected chi connectivity index (χ3v) is 3.98. The van der Waals surface area contributed by atoms with Crippen LogP contribution in [0.15, 0.2) is 42.5 Å². The number of rotatable bonds is 8. The molecule has 0 aliphatic rings. The molecule has 30 heavy (non-hydrogen) atoms. The highest BCUT2D eigenvalue weighted by molar-refractivity contribution is 7.81. The van der Waals surface area contributed by atoms with Gasteiger partial charge in [-0.3, -0.25) is 4.55 Å². The Morgan fingerprint density at radius 2 is 1.67 bits per heavy atom. The lowest BCUT2D eigenvalue weighted by atomic mass is 10.1. The maximum absolute atomic E-state index is 11.9. The van der Waals surface area contributed by atoms with Crippen LogP contribution in [-0.4, -0.2) is 51.4 Å². The predicted molar refractivity (Wildman–Crippen MR) is 100 cm³/mol. The lowest BCUT2D eigenvalue weighted by Crippen LogP contribution is -2.28. The lowest BCUT2D eigenvalue weighted by Gasteiger charge is -2.13. The van der Waals surface area contributed by atoms with Gasteiger partial charge in [0.05, 0.1) is 0 Å². The fourth-order valence-corrected chi connectivity index (χ4v) is 2.61. The summed E-state index contributed by atoms with van der Waals surface area (Å²) in [5, 5.41) is 37.5. The van der Waals surface area contributed by atoms with E-state index in [1.807, 2.05) is 0 Å². The molecule has 0 radical (unpaired) electrons. The molecule has 1 unspecified atom stereocenters. The fourth-order valence-electron chi connectivity index (χ4n) is 2.25. The minimum Gasteiger partial charge on any atom is -0.504 e. The molecule has 0 saturated carbocycles. The molecule has 0 amide bonds. The van der Waals surface area contributed by atoms with Gasteiger partial charge in [-0.15, -0.1) is 0 Å². The highest BCUT2D eigenvalue weighted by Crippen LogP contribution is 2.29. The molecule has 2 aromatic rings. The van der Waals surface area contributed by atoms with E-state index in [1.54, 1.807) is 0 Å². The van der Waals surface area contributed by atoms with Crippen molar-refractivity contribution < 1.29 is 51.9 Å². The van der Waals surface area contributed by atoms with Gasteiger partial charge in [-0.05, 0) is 41.5 Å². The largest absolute Gasteiger partial charge is 0.504 e. The summed E-state index contributed by atoms with van der Waals surface area (Å²) in [6.45, 7) is 0. The number of carbonyl (C=O) groups excluding carboxylic acids is 1. The SMILES string of the molecule is O=C(/C=C/c1ccc(O)c(O)c1)OC(Cc1ccc(O)c(OS(=O)(=O)O)c1)C(=O)O.